The van der Waals surface area contributed by atoms with Crippen molar-refractivity contribution in [2.24, 2.45) is 0 Å². The Kier molecular flexibility index (Phi) is 12.5. The van der Waals surface area contributed by atoms with Crippen molar-refractivity contribution < 1.29 is 22.7 Å². The van der Waals surface area contributed by atoms with Gasteiger partial charge in [-0.2, -0.15) is 0 Å². The number of amides is 2. The number of nitrogens with one attached hydrogen (secondary N) is 1. The van der Waals surface area contributed by atoms with Gasteiger partial charge in [0.25, 0.3) is 0 Å². The van der Waals surface area contributed by atoms with Crippen molar-refractivity contribution >= 4 is 50.7 Å². The first-order valence-corrected chi connectivity index (χ1v) is 16.3. The van der Waals surface area contributed by atoms with E-state index in [1.54, 1.807) is 42.5 Å². The molecule has 3 rings (SSSR count). The van der Waals surface area contributed by atoms with E-state index < -0.39 is 16.1 Å². The van der Waals surface area contributed by atoms with Crippen LogP contribution in [0.3, 0.4) is 0 Å². The minimum absolute atomic E-state index is 0.00952. The molecule has 3 aromatic rings. The van der Waals surface area contributed by atoms with Gasteiger partial charge in [-0.3, -0.25) is 13.9 Å². The highest BCUT2D eigenvalue weighted by Gasteiger charge is 2.31. The number of hydrogen-bond acceptors (Lipinski definition) is 5. The van der Waals surface area contributed by atoms with Gasteiger partial charge in [-0.1, -0.05) is 72.6 Å². The number of nitrogens with zero attached hydrogens (tertiary/aromatic N) is 2. The third-order valence-corrected chi connectivity index (χ3v) is 8.61. The lowest BCUT2D eigenvalue weighted by Gasteiger charge is -2.32. The molecule has 8 nitrogen and oxygen atoms in total. The third kappa shape index (κ3) is 9.37. The zero-order valence-electron chi connectivity index (χ0n) is 24.1. The molecular weight excluding hydrogens is 597 g/mol. The van der Waals surface area contributed by atoms with Crippen LogP contribution in [0.2, 0.25) is 10.0 Å². The second-order valence-electron chi connectivity index (χ2n) is 9.86. The lowest BCUT2D eigenvalue weighted by atomic mass is 10.0. The fraction of sp³-hybridized carbons (Fsp3) is 0.355. The maximum Gasteiger partial charge on any atom is 0.243 e. The number of carbonyl (C=O) groups excluding carboxylic acids is 2. The van der Waals surface area contributed by atoms with Gasteiger partial charge in [-0.25, -0.2) is 8.42 Å². The highest BCUT2D eigenvalue weighted by atomic mass is 35.5. The van der Waals surface area contributed by atoms with Gasteiger partial charge in [0.05, 0.1) is 19.1 Å². The van der Waals surface area contributed by atoms with E-state index in [9.17, 15) is 18.0 Å². The summed E-state index contributed by atoms with van der Waals surface area (Å²) in [6.45, 7) is 2.49. The summed E-state index contributed by atoms with van der Waals surface area (Å²) in [4.78, 5) is 28.9. The quantitative estimate of drug-likeness (QED) is 0.231. The van der Waals surface area contributed by atoms with Crippen molar-refractivity contribution in [1.29, 1.82) is 0 Å². The zero-order chi connectivity index (χ0) is 30.7. The van der Waals surface area contributed by atoms with Gasteiger partial charge < -0.3 is 15.0 Å². The maximum absolute atomic E-state index is 13.9. The molecule has 3 aromatic carbocycles. The molecule has 0 radical (unpaired) electrons. The van der Waals surface area contributed by atoms with E-state index in [1.165, 1.54) is 16.3 Å². The predicted molar refractivity (Wildman–Crippen MR) is 169 cm³/mol. The van der Waals surface area contributed by atoms with Gasteiger partial charge in [0.1, 0.15) is 11.8 Å². The summed E-state index contributed by atoms with van der Waals surface area (Å²) in [6.07, 6.45) is 2.34. The predicted octanol–water partition coefficient (Wildman–Crippen LogP) is 5.71. The molecule has 1 atom stereocenters. The van der Waals surface area contributed by atoms with Gasteiger partial charge in [-0.05, 0) is 42.7 Å². The van der Waals surface area contributed by atoms with E-state index in [0.29, 0.717) is 33.6 Å². The first-order chi connectivity index (χ1) is 20.0. The van der Waals surface area contributed by atoms with E-state index >= 15 is 0 Å². The SMILES string of the molecule is CCCNC(=O)[C@H](Cc1ccccc1)N(Cc1c(Cl)cccc1Cl)C(=O)CCCN(c1cccc(OC)c1)S(C)(=O)=O. The Morgan fingerprint density at radius 2 is 1.64 bits per heavy atom. The third-order valence-electron chi connectivity index (χ3n) is 6.70. The number of rotatable bonds is 15. The normalized spacial score (nSPS) is 11.9. The molecule has 42 heavy (non-hydrogen) atoms. The fourth-order valence-corrected chi connectivity index (χ4v) is 6.02. The Hall–Kier alpha value is -3.27. The second-order valence-corrected chi connectivity index (χ2v) is 12.6. The summed E-state index contributed by atoms with van der Waals surface area (Å²) in [5, 5.41) is 3.70. The molecule has 0 aromatic heterocycles. The highest BCUT2D eigenvalue weighted by molar-refractivity contribution is 7.92. The lowest BCUT2D eigenvalue weighted by molar-refractivity contribution is -0.141. The molecule has 11 heteroatoms. The van der Waals surface area contributed by atoms with Crippen molar-refractivity contribution in [3.63, 3.8) is 0 Å². The van der Waals surface area contributed by atoms with E-state index in [2.05, 4.69) is 5.32 Å². The molecule has 0 saturated heterocycles. The van der Waals surface area contributed by atoms with Gasteiger partial charge in [0, 0.05) is 54.2 Å². The van der Waals surface area contributed by atoms with Crippen LogP contribution in [0.5, 0.6) is 5.75 Å². The smallest absolute Gasteiger partial charge is 0.243 e. The van der Waals surface area contributed by atoms with Crippen LogP contribution in [-0.2, 0) is 32.6 Å². The lowest BCUT2D eigenvalue weighted by Crippen LogP contribution is -2.50. The number of ether oxygens (including phenoxy) is 1. The van der Waals surface area contributed by atoms with E-state index in [0.717, 1.165) is 18.2 Å². The number of methoxy groups -OCH3 is 1. The molecule has 0 fully saturated rings. The minimum Gasteiger partial charge on any atom is -0.497 e. The molecular formula is C31H37Cl2N3O5S. The van der Waals surface area contributed by atoms with Gasteiger partial charge in [0.2, 0.25) is 21.8 Å². The Morgan fingerprint density at radius 1 is 0.976 bits per heavy atom. The summed E-state index contributed by atoms with van der Waals surface area (Å²) in [5.41, 5.74) is 1.85. The summed E-state index contributed by atoms with van der Waals surface area (Å²) in [5.74, 6) is -0.0918. The summed E-state index contributed by atoms with van der Waals surface area (Å²) >= 11 is 13.0. The van der Waals surface area contributed by atoms with Crippen molar-refractivity contribution in [2.75, 3.05) is 30.8 Å². The number of benzene rings is 3. The first kappa shape index (κ1) is 33.2. The van der Waals surface area contributed by atoms with Crippen LogP contribution >= 0.6 is 23.2 Å². The molecule has 0 spiro atoms. The average molecular weight is 635 g/mol. The molecule has 1 N–H and O–H groups in total. The second kappa shape index (κ2) is 15.8. The minimum atomic E-state index is -3.65. The Balaban J connectivity index is 1.91. The number of halogens is 2. The molecule has 0 heterocycles. The molecule has 226 valence electrons. The first-order valence-electron chi connectivity index (χ1n) is 13.7. The van der Waals surface area contributed by atoms with E-state index in [-0.39, 0.29) is 44.2 Å². The van der Waals surface area contributed by atoms with Gasteiger partial charge in [0.15, 0.2) is 0 Å². The van der Waals surface area contributed by atoms with Crippen molar-refractivity contribution in [1.82, 2.24) is 10.2 Å². The molecule has 0 aliphatic carbocycles. The monoisotopic (exact) mass is 633 g/mol. The molecule has 0 aliphatic rings. The van der Waals surface area contributed by atoms with Crippen LogP contribution < -0.4 is 14.4 Å². The molecule has 2 amide bonds. The molecule has 0 unspecified atom stereocenters. The number of anilines is 1. The Labute approximate surface area is 258 Å². The number of carbonyl (C=O) groups is 2. The largest absolute Gasteiger partial charge is 0.497 e. The summed E-state index contributed by atoms with van der Waals surface area (Å²) in [6, 6.07) is 20.4. The summed E-state index contributed by atoms with van der Waals surface area (Å²) in [7, 11) is -2.14. The number of hydrogen-bond donors (Lipinski definition) is 1. The molecule has 0 bridgehead atoms. The Bertz CT molecular complexity index is 1430. The topological polar surface area (TPSA) is 96.0 Å². The molecule has 0 saturated carbocycles. The van der Waals surface area contributed by atoms with Crippen LogP contribution in [0.4, 0.5) is 5.69 Å². The van der Waals surface area contributed by atoms with Crippen LogP contribution in [-0.4, -0.2) is 57.6 Å². The van der Waals surface area contributed by atoms with Crippen LogP contribution in [0.1, 0.15) is 37.3 Å². The summed E-state index contributed by atoms with van der Waals surface area (Å²) < 4.78 is 31.8. The van der Waals surface area contributed by atoms with Crippen LogP contribution in [0.25, 0.3) is 0 Å². The highest BCUT2D eigenvalue weighted by Crippen LogP contribution is 2.28. The zero-order valence-corrected chi connectivity index (χ0v) is 26.4. The van der Waals surface area contributed by atoms with Crippen LogP contribution in [0.15, 0.2) is 72.8 Å². The molecule has 0 aliphatic heterocycles. The van der Waals surface area contributed by atoms with Crippen molar-refractivity contribution in [3.8, 4) is 5.75 Å². The van der Waals surface area contributed by atoms with Crippen LogP contribution in [0, 0.1) is 0 Å². The Morgan fingerprint density at radius 3 is 2.26 bits per heavy atom. The van der Waals surface area contributed by atoms with Gasteiger partial charge >= 0.3 is 0 Å². The van der Waals surface area contributed by atoms with Crippen molar-refractivity contribution in [2.45, 2.75) is 45.2 Å². The van der Waals surface area contributed by atoms with Crippen molar-refractivity contribution in [3.05, 3.63) is 94.0 Å². The van der Waals surface area contributed by atoms with E-state index in [4.69, 9.17) is 27.9 Å². The average Bonchev–Trinajstić information content (AvgIpc) is 2.97. The number of sulfonamides is 1. The van der Waals surface area contributed by atoms with Gasteiger partial charge in [-0.15, -0.1) is 0 Å². The van der Waals surface area contributed by atoms with E-state index in [1.807, 2.05) is 37.3 Å². The maximum atomic E-state index is 13.9. The fourth-order valence-electron chi connectivity index (χ4n) is 4.54. The standard InChI is InChI=1S/C31H37Cl2N3O5S/c1-4-18-34-31(38)29(20-23-11-6-5-7-12-23)35(22-26-27(32)15-9-16-28(26)33)30(37)17-10-19-36(42(3,39)40)24-13-8-14-25(21-24)41-2/h5-9,11-16,21,29H,4,10,17-20,22H2,1-3H3,(H,34,38)/t29-/m0/s1.